The lowest BCUT2D eigenvalue weighted by Crippen LogP contribution is -2.49. The highest BCUT2D eigenvalue weighted by atomic mass is 35.5. The normalized spacial score (nSPS) is 16.8. The van der Waals surface area contributed by atoms with Gasteiger partial charge in [0.25, 0.3) is 0 Å². The highest BCUT2D eigenvalue weighted by Crippen LogP contribution is 2.38. The van der Waals surface area contributed by atoms with Crippen molar-refractivity contribution >= 4 is 51.2 Å². The van der Waals surface area contributed by atoms with Gasteiger partial charge in [-0.05, 0) is 68.1 Å². The molecule has 2 aliphatic rings. The van der Waals surface area contributed by atoms with Crippen LogP contribution in [0.4, 0.5) is 9.39 Å². The molecule has 33 heavy (non-hydrogen) atoms. The number of hydrogen-bond acceptors (Lipinski definition) is 5. The van der Waals surface area contributed by atoms with Crippen LogP contribution in [0.1, 0.15) is 52.5 Å². The van der Waals surface area contributed by atoms with Gasteiger partial charge in [0.1, 0.15) is 10.8 Å². The summed E-state index contributed by atoms with van der Waals surface area (Å²) >= 11 is 13.6. The number of thiocarbonyl (C=S) groups is 1. The molecule has 1 fully saturated rings. The van der Waals surface area contributed by atoms with Gasteiger partial charge in [-0.2, -0.15) is 0 Å². The van der Waals surface area contributed by atoms with Crippen LogP contribution in [0.2, 0.25) is 5.02 Å². The average molecular weight is 510 g/mol. The van der Waals surface area contributed by atoms with Gasteiger partial charge in [-0.25, -0.2) is 9.18 Å². The van der Waals surface area contributed by atoms with Crippen LogP contribution in [0.15, 0.2) is 18.2 Å². The first-order valence-corrected chi connectivity index (χ1v) is 13.1. The zero-order valence-electron chi connectivity index (χ0n) is 18.8. The number of rotatable bonds is 5. The Morgan fingerprint density at radius 3 is 2.70 bits per heavy atom. The Bertz CT molecular complexity index is 1020. The number of anilines is 1. The third-order valence-electron chi connectivity index (χ3n) is 6.19. The molecule has 9 heteroatoms. The average Bonchev–Trinajstić information content (AvgIpc) is 2.96. The number of thiophene rings is 1. The van der Waals surface area contributed by atoms with E-state index in [0.29, 0.717) is 28.9 Å². The lowest BCUT2D eigenvalue weighted by molar-refractivity contribution is 0.0527. The number of carbonyl (C=O) groups is 1. The van der Waals surface area contributed by atoms with Crippen LogP contribution in [0.25, 0.3) is 0 Å². The maximum Gasteiger partial charge on any atom is 0.341 e. The molecule has 178 valence electrons. The third-order valence-corrected chi connectivity index (χ3v) is 8.11. The molecule has 0 spiro atoms. The van der Waals surface area contributed by atoms with Gasteiger partial charge in [-0.1, -0.05) is 24.1 Å². The van der Waals surface area contributed by atoms with Crippen molar-refractivity contribution in [2.45, 2.75) is 45.6 Å². The Morgan fingerprint density at radius 2 is 1.97 bits per heavy atom. The number of halogens is 2. The number of piperazine rings is 1. The summed E-state index contributed by atoms with van der Waals surface area (Å²) < 4.78 is 18.7. The van der Waals surface area contributed by atoms with Gasteiger partial charge in [0.15, 0.2) is 5.11 Å². The first kappa shape index (κ1) is 24.4. The number of ether oxygens (including phenoxy) is 1. The molecular formula is C24H29ClFN3O2S2. The highest BCUT2D eigenvalue weighted by molar-refractivity contribution is 7.80. The van der Waals surface area contributed by atoms with Crippen molar-refractivity contribution in [3.05, 3.63) is 50.6 Å². The Morgan fingerprint density at radius 1 is 1.21 bits per heavy atom. The Balaban J connectivity index is 1.40. The number of fused-ring (bicyclic) bond motifs is 1. The van der Waals surface area contributed by atoms with E-state index in [-0.39, 0.29) is 11.8 Å². The molecule has 1 aromatic heterocycles. The molecule has 1 aliphatic carbocycles. The molecule has 2 aromatic rings. The standard InChI is InChI=1S/C24H29ClFN3O2S2/c1-2-31-23(30)21-18-6-4-3-5-7-20(18)33-22(21)27-24(32)29-12-10-28(11-13-29)15-16-8-9-17(26)14-19(16)25/h8-9,14H,2-7,10-13,15H2,1H3,(H,27,32). The van der Waals surface area contributed by atoms with Gasteiger partial charge in [0.05, 0.1) is 12.2 Å². The highest BCUT2D eigenvalue weighted by Gasteiger charge is 2.27. The van der Waals surface area contributed by atoms with E-state index in [1.165, 1.54) is 23.4 Å². The molecule has 2 heterocycles. The summed E-state index contributed by atoms with van der Waals surface area (Å²) in [6.45, 7) is 6.04. The molecule has 4 rings (SSSR count). The van der Waals surface area contributed by atoms with Crippen molar-refractivity contribution in [1.82, 2.24) is 9.80 Å². The first-order valence-electron chi connectivity index (χ1n) is 11.5. The summed E-state index contributed by atoms with van der Waals surface area (Å²) in [6.07, 6.45) is 5.36. The number of nitrogens with zero attached hydrogens (tertiary/aromatic N) is 2. The van der Waals surface area contributed by atoms with Crippen molar-refractivity contribution in [1.29, 1.82) is 0 Å². The zero-order valence-corrected chi connectivity index (χ0v) is 21.2. The van der Waals surface area contributed by atoms with Crippen molar-refractivity contribution in [3.63, 3.8) is 0 Å². The summed E-state index contributed by atoms with van der Waals surface area (Å²) in [6, 6.07) is 4.55. The second-order valence-corrected chi connectivity index (χ2v) is 10.3. The molecule has 1 saturated heterocycles. The quantitative estimate of drug-likeness (QED) is 0.326. The van der Waals surface area contributed by atoms with E-state index < -0.39 is 0 Å². The Hall–Kier alpha value is -1.74. The SMILES string of the molecule is CCOC(=O)c1c(NC(=S)N2CCN(Cc3ccc(F)cc3Cl)CC2)sc2c1CCCCC2. The van der Waals surface area contributed by atoms with Crippen LogP contribution >= 0.6 is 35.2 Å². The predicted octanol–water partition coefficient (Wildman–Crippen LogP) is 5.50. The van der Waals surface area contributed by atoms with E-state index in [9.17, 15) is 9.18 Å². The molecule has 1 aromatic carbocycles. The van der Waals surface area contributed by atoms with Gasteiger partial charge < -0.3 is 15.0 Å². The lowest BCUT2D eigenvalue weighted by atomic mass is 10.1. The minimum Gasteiger partial charge on any atom is -0.462 e. The third kappa shape index (κ3) is 5.85. The fourth-order valence-corrected chi connectivity index (χ4v) is 6.28. The second kappa shape index (κ2) is 11.1. The molecule has 0 atom stereocenters. The van der Waals surface area contributed by atoms with Crippen LogP contribution in [-0.4, -0.2) is 53.7 Å². The molecule has 0 bridgehead atoms. The van der Waals surface area contributed by atoms with Crippen molar-refractivity contribution < 1.29 is 13.9 Å². The zero-order chi connectivity index (χ0) is 23.4. The molecule has 1 aliphatic heterocycles. The molecule has 0 unspecified atom stereocenters. The molecule has 0 amide bonds. The van der Waals surface area contributed by atoms with Gasteiger partial charge >= 0.3 is 5.97 Å². The van der Waals surface area contributed by atoms with Crippen LogP contribution < -0.4 is 5.32 Å². The van der Waals surface area contributed by atoms with Gasteiger partial charge in [-0.3, -0.25) is 4.90 Å². The van der Waals surface area contributed by atoms with E-state index in [1.54, 1.807) is 17.4 Å². The summed E-state index contributed by atoms with van der Waals surface area (Å²) in [4.78, 5) is 18.5. The maximum absolute atomic E-state index is 13.3. The Labute approximate surface area is 208 Å². The number of benzene rings is 1. The van der Waals surface area contributed by atoms with Gasteiger partial charge in [0, 0.05) is 42.6 Å². The first-order chi connectivity index (χ1) is 16.0. The van der Waals surface area contributed by atoms with E-state index in [0.717, 1.165) is 68.0 Å². The van der Waals surface area contributed by atoms with E-state index >= 15 is 0 Å². The molecule has 0 radical (unpaired) electrons. The summed E-state index contributed by atoms with van der Waals surface area (Å²) in [5.41, 5.74) is 2.74. The van der Waals surface area contributed by atoms with Crippen molar-refractivity contribution in [3.8, 4) is 0 Å². The lowest BCUT2D eigenvalue weighted by Gasteiger charge is -2.36. The molecule has 5 nitrogen and oxygen atoms in total. The minimum absolute atomic E-state index is 0.261. The van der Waals surface area contributed by atoms with Gasteiger partial charge in [0.2, 0.25) is 0 Å². The topological polar surface area (TPSA) is 44.8 Å². The van der Waals surface area contributed by atoms with Crippen molar-refractivity contribution in [2.24, 2.45) is 0 Å². The van der Waals surface area contributed by atoms with E-state index in [4.69, 9.17) is 28.6 Å². The smallest absolute Gasteiger partial charge is 0.341 e. The summed E-state index contributed by atoms with van der Waals surface area (Å²) in [5, 5.41) is 5.27. The largest absolute Gasteiger partial charge is 0.462 e. The van der Waals surface area contributed by atoms with Gasteiger partial charge in [-0.15, -0.1) is 11.3 Å². The fraction of sp³-hybridized carbons (Fsp3) is 0.500. The molecular weight excluding hydrogens is 481 g/mol. The Kier molecular flexibility index (Phi) is 8.22. The van der Waals surface area contributed by atoms with E-state index in [1.807, 2.05) is 6.92 Å². The van der Waals surface area contributed by atoms with Crippen molar-refractivity contribution in [2.75, 3.05) is 38.1 Å². The molecule has 1 N–H and O–H groups in total. The predicted molar refractivity (Wildman–Crippen MR) is 136 cm³/mol. The second-order valence-electron chi connectivity index (χ2n) is 8.42. The van der Waals surface area contributed by atoms with Crippen LogP contribution in [0.3, 0.4) is 0 Å². The van der Waals surface area contributed by atoms with Crippen LogP contribution in [0.5, 0.6) is 0 Å². The van der Waals surface area contributed by atoms with Crippen LogP contribution in [0, 0.1) is 5.82 Å². The minimum atomic E-state index is -0.321. The van der Waals surface area contributed by atoms with Crippen LogP contribution in [-0.2, 0) is 24.1 Å². The summed E-state index contributed by atoms with van der Waals surface area (Å²) in [5.74, 6) is -0.582. The maximum atomic E-state index is 13.3. The number of carbonyl (C=O) groups excluding carboxylic acids is 1. The molecule has 0 saturated carbocycles. The number of esters is 1. The fourth-order valence-electron chi connectivity index (χ4n) is 4.43. The summed E-state index contributed by atoms with van der Waals surface area (Å²) in [7, 11) is 0. The number of aryl methyl sites for hydroxylation is 1. The monoisotopic (exact) mass is 509 g/mol. The van der Waals surface area contributed by atoms with E-state index in [2.05, 4.69) is 15.1 Å². The number of hydrogen-bond donors (Lipinski definition) is 1. The number of nitrogens with one attached hydrogen (secondary N) is 1.